The van der Waals surface area contributed by atoms with Crippen LogP contribution in [-0.4, -0.2) is 45.4 Å². The zero-order valence-electron chi connectivity index (χ0n) is 14.9. The Morgan fingerprint density at radius 3 is 2.48 bits per heavy atom. The minimum absolute atomic E-state index is 0.222. The Bertz CT molecular complexity index is 1260. The van der Waals surface area contributed by atoms with E-state index in [-0.39, 0.29) is 16.2 Å². The van der Waals surface area contributed by atoms with E-state index in [4.69, 9.17) is 12.2 Å². The number of fused-ring (bicyclic) bond motifs is 2. The van der Waals surface area contributed by atoms with Crippen LogP contribution in [0.15, 0.2) is 27.1 Å². The lowest BCUT2D eigenvalue weighted by atomic mass is 10.3. The Hall–Kier alpha value is -2.73. The largest absolute Gasteiger partial charge is 0.350 e. The third-order valence-corrected chi connectivity index (χ3v) is 4.65. The van der Waals surface area contributed by atoms with Crippen LogP contribution in [0, 0.1) is 4.77 Å². The minimum atomic E-state index is -0.283. The van der Waals surface area contributed by atoms with Gasteiger partial charge in [-0.05, 0) is 31.3 Å². The number of hydrogen-bond donors (Lipinski definition) is 3. The molecule has 0 aromatic carbocycles. The first-order valence-electron chi connectivity index (χ1n) is 8.18. The summed E-state index contributed by atoms with van der Waals surface area (Å²) >= 11 is 6.22. The molecule has 0 radical (unpaired) electrons. The van der Waals surface area contributed by atoms with Crippen LogP contribution < -0.4 is 11.4 Å². The van der Waals surface area contributed by atoms with E-state index in [2.05, 4.69) is 30.1 Å². The first-order chi connectivity index (χ1) is 13.0. The molecule has 4 aromatic rings. The fourth-order valence-corrected chi connectivity index (χ4v) is 3.02. The summed E-state index contributed by atoms with van der Waals surface area (Å²) in [6.45, 7) is 4.01. The van der Waals surface area contributed by atoms with E-state index in [1.165, 1.54) is 20.8 Å². The average molecular weight is 406 g/mol. The van der Waals surface area contributed by atoms with Crippen molar-refractivity contribution >= 4 is 35.3 Å². The lowest BCUT2D eigenvalue weighted by molar-refractivity contribution is 0.786. The SMILES string of the molecule is CCc1c[nH]n2c(=O)[nH]c(=S)nc12.CCc1cnn2c(=O)[nH]c(SC)nc12. The fourth-order valence-electron chi connectivity index (χ4n) is 2.48. The van der Waals surface area contributed by atoms with Crippen LogP contribution >= 0.6 is 24.0 Å². The molecule has 0 saturated heterocycles. The molecule has 0 atom stereocenters. The first kappa shape index (κ1) is 19.0. The summed E-state index contributed by atoms with van der Waals surface area (Å²) in [4.78, 5) is 36.2. The topological polar surface area (TPSA) is 129 Å². The van der Waals surface area contributed by atoms with Gasteiger partial charge in [0.05, 0.1) is 6.20 Å². The molecule has 0 aliphatic heterocycles. The van der Waals surface area contributed by atoms with Crippen molar-refractivity contribution in [1.82, 2.24) is 39.2 Å². The smallest absolute Gasteiger partial charge is 0.295 e. The van der Waals surface area contributed by atoms with Gasteiger partial charge >= 0.3 is 11.4 Å². The number of aromatic amines is 3. The zero-order valence-corrected chi connectivity index (χ0v) is 16.6. The van der Waals surface area contributed by atoms with Crippen LogP contribution in [0.5, 0.6) is 0 Å². The fraction of sp³-hybridized carbons (Fsp3) is 0.333. The van der Waals surface area contributed by atoms with Crippen molar-refractivity contribution in [1.29, 1.82) is 0 Å². The molecule has 4 rings (SSSR count). The van der Waals surface area contributed by atoms with Crippen molar-refractivity contribution in [2.75, 3.05) is 6.26 Å². The Morgan fingerprint density at radius 2 is 1.81 bits per heavy atom. The number of nitrogens with zero attached hydrogens (tertiary/aromatic N) is 5. The van der Waals surface area contributed by atoms with E-state index in [0.29, 0.717) is 16.5 Å². The summed E-state index contributed by atoms with van der Waals surface area (Å²) in [7, 11) is 0. The van der Waals surface area contributed by atoms with Crippen LogP contribution in [0.25, 0.3) is 11.3 Å². The summed E-state index contributed by atoms with van der Waals surface area (Å²) in [6.07, 6.45) is 6.96. The highest BCUT2D eigenvalue weighted by atomic mass is 32.2. The monoisotopic (exact) mass is 406 g/mol. The highest BCUT2D eigenvalue weighted by Crippen LogP contribution is 2.10. The van der Waals surface area contributed by atoms with E-state index in [0.717, 1.165) is 24.0 Å². The zero-order chi connectivity index (χ0) is 19.6. The molecule has 4 aromatic heterocycles. The molecule has 3 N–H and O–H groups in total. The van der Waals surface area contributed by atoms with Crippen molar-refractivity contribution in [2.45, 2.75) is 31.8 Å². The predicted octanol–water partition coefficient (Wildman–Crippen LogP) is 1.34. The van der Waals surface area contributed by atoms with Gasteiger partial charge in [0.1, 0.15) is 0 Å². The van der Waals surface area contributed by atoms with Gasteiger partial charge in [0.25, 0.3) is 0 Å². The maximum absolute atomic E-state index is 11.5. The van der Waals surface area contributed by atoms with Gasteiger partial charge in [-0.15, -0.1) is 0 Å². The predicted molar refractivity (Wildman–Crippen MR) is 105 cm³/mol. The molecule has 4 heterocycles. The number of nitrogens with one attached hydrogen (secondary N) is 3. The lowest BCUT2D eigenvalue weighted by Gasteiger charge is -1.97. The summed E-state index contributed by atoms with van der Waals surface area (Å²) in [6, 6.07) is 0. The lowest BCUT2D eigenvalue weighted by Crippen LogP contribution is -2.19. The van der Waals surface area contributed by atoms with E-state index in [1.54, 1.807) is 12.4 Å². The van der Waals surface area contributed by atoms with Crippen molar-refractivity contribution in [3.63, 3.8) is 0 Å². The molecule has 0 unspecified atom stereocenters. The second kappa shape index (κ2) is 7.88. The molecular formula is C15H18N8O2S2. The molecule has 0 aliphatic carbocycles. The van der Waals surface area contributed by atoms with Crippen molar-refractivity contribution in [3.8, 4) is 0 Å². The van der Waals surface area contributed by atoms with Gasteiger partial charge in [-0.25, -0.2) is 19.6 Å². The highest BCUT2D eigenvalue weighted by molar-refractivity contribution is 7.98. The number of H-pyrrole nitrogens is 3. The van der Waals surface area contributed by atoms with Crippen molar-refractivity contribution in [2.24, 2.45) is 0 Å². The molecule has 0 saturated carbocycles. The van der Waals surface area contributed by atoms with Crippen LogP contribution in [0.2, 0.25) is 0 Å². The number of thioether (sulfide) groups is 1. The standard InChI is InChI=1S/C8H10N4OS.C7H8N4OS/c1-3-5-4-9-12-6(5)10-7(14-2)11-8(12)13;1-2-4-3-8-11-5(4)9-6(13)10-7(11)12/h4H,3H2,1-2H3,(H,10,11,13);3,8H,2H2,1H3,(H,10,12,13). The molecule has 0 spiro atoms. The van der Waals surface area contributed by atoms with Gasteiger partial charge < -0.3 is 0 Å². The number of aromatic nitrogens is 8. The maximum Gasteiger partial charge on any atom is 0.350 e. The van der Waals surface area contributed by atoms with E-state index < -0.39 is 0 Å². The number of aryl methyl sites for hydroxylation is 2. The Kier molecular flexibility index (Phi) is 5.56. The van der Waals surface area contributed by atoms with E-state index >= 15 is 0 Å². The van der Waals surface area contributed by atoms with Crippen LogP contribution in [0.1, 0.15) is 25.0 Å². The number of rotatable bonds is 3. The average Bonchev–Trinajstić information content (AvgIpc) is 3.25. The van der Waals surface area contributed by atoms with Gasteiger partial charge in [0, 0.05) is 17.3 Å². The number of hydrogen-bond acceptors (Lipinski definition) is 7. The van der Waals surface area contributed by atoms with Gasteiger partial charge in [0.2, 0.25) is 4.77 Å². The quantitative estimate of drug-likeness (QED) is 0.346. The highest BCUT2D eigenvalue weighted by Gasteiger charge is 2.07. The second-order valence-corrected chi connectivity index (χ2v) is 6.65. The Balaban J connectivity index is 0.000000156. The first-order valence-corrected chi connectivity index (χ1v) is 9.82. The van der Waals surface area contributed by atoms with E-state index in [1.807, 2.05) is 20.1 Å². The van der Waals surface area contributed by atoms with Gasteiger partial charge in [-0.1, -0.05) is 25.6 Å². The third kappa shape index (κ3) is 3.71. The Labute approximate surface area is 162 Å². The van der Waals surface area contributed by atoms with Gasteiger partial charge in [0.15, 0.2) is 16.5 Å². The Morgan fingerprint density at radius 1 is 1.07 bits per heavy atom. The minimum Gasteiger partial charge on any atom is -0.295 e. The van der Waals surface area contributed by atoms with E-state index in [9.17, 15) is 9.59 Å². The molecule has 142 valence electrons. The summed E-state index contributed by atoms with van der Waals surface area (Å²) in [5.41, 5.74) is 2.72. The molecule has 0 fully saturated rings. The van der Waals surface area contributed by atoms with Crippen molar-refractivity contribution in [3.05, 3.63) is 49.3 Å². The molecule has 0 bridgehead atoms. The van der Waals surface area contributed by atoms with Gasteiger partial charge in [-0.2, -0.15) is 14.1 Å². The molecule has 12 heteroatoms. The van der Waals surface area contributed by atoms with Gasteiger partial charge in [-0.3, -0.25) is 15.1 Å². The van der Waals surface area contributed by atoms with Crippen LogP contribution in [0.4, 0.5) is 0 Å². The van der Waals surface area contributed by atoms with Crippen LogP contribution in [0.3, 0.4) is 0 Å². The summed E-state index contributed by atoms with van der Waals surface area (Å²) in [5.74, 6) is 0. The maximum atomic E-state index is 11.5. The summed E-state index contributed by atoms with van der Waals surface area (Å²) < 4.78 is 2.85. The van der Waals surface area contributed by atoms with Crippen LogP contribution in [-0.2, 0) is 12.8 Å². The summed E-state index contributed by atoms with van der Waals surface area (Å²) in [5, 5.41) is 7.39. The molecule has 0 amide bonds. The normalized spacial score (nSPS) is 10.9. The molecule has 10 nitrogen and oxygen atoms in total. The second-order valence-electron chi connectivity index (χ2n) is 5.47. The molecular weight excluding hydrogens is 388 g/mol. The molecule has 0 aliphatic rings. The van der Waals surface area contributed by atoms with Crippen molar-refractivity contribution < 1.29 is 0 Å². The molecule has 27 heavy (non-hydrogen) atoms. The third-order valence-electron chi connectivity index (χ3n) is 3.88.